The number of hydrogen-bond donors (Lipinski definition) is 1. The molecule has 0 radical (unpaired) electrons. The smallest absolute Gasteiger partial charge is 0.289 e. The number of amides is 1. The van der Waals surface area contributed by atoms with Crippen molar-refractivity contribution in [2.45, 2.75) is 12.8 Å². The zero-order chi connectivity index (χ0) is 15.5. The Bertz CT molecular complexity index is 667. The van der Waals surface area contributed by atoms with E-state index in [9.17, 15) is 14.3 Å². The Morgan fingerprint density at radius 1 is 1.32 bits per heavy atom. The van der Waals surface area contributed by atoms with Crippen molar-refractivity contribution in [2.24, 2.45) is 5.92 Å². The first kappa shape index (κ1) is 14.8. The van der Waals surface area contributed by atoms with E-state index in [1.165, 1.54) is 6.07 Å². The average molecular weight is 303 g/mol. The molecule has 1 unspecified atom stereocenters. The highest BCUT2D eigenvalue weighted by atomic mass is 19.1. The Morgan fingerprint density at radius 2 is 2.14 bits per heavy atom. The first-order valence-corrected chi connectivity index (χ1v) is 7.44. The van der Waals surface area contributed by atoms with E-state index in [-0.39, 0.29) is 30.0 Å². The molecule has 2 aromatic rings. The van der Waals surface area contributed by atoms with Gasteiger partial charge in [-0.3, -0.25) is 4.79 Å². The van der Waals surface area contributed by atoms with Gasteiger partial charge in [0.1, 0.15) is 11.6 Å². The van der Waals surface area contributed by atoms with E-state index >= 15 is 0 Å². The largest absolute Gasteiger partial charge is 0.451 e. The van der Waals surface area contributed by atoms with Crippen LogP contribution in [0.25, 0.3) is 11.3 Å². The van der Waals surface area contributed by atoms with Gasteiger partial charge in [0.25, 0.3) is 5.91 Å². The summed E-state index contributed by atoms with van der Waals surface area (Å²) < 4.78 is 19.3. The zero-order valence-electron chi connectivity index (χ0n) is 12.2. The molecule has 3 rings (SSSR count). The van der Waals surface area contributed by atoms with Gasteiger partial charge < -0.3 is 14.4 Å². The Balaban J connectivity index is 1.79. The maximum atomic E-state index is 13.8. The van der Waals surface area contributed by atoms with Gasteiger partial charge in [-0.1, -0.05) is 12.1 Å². The van der Waals surface area contributed by atoms with E-state index in [0.29, 0.717) is 24.4 Å². The van der Waals surface area contributed by atoms with Gasteiger partial charge in [0.05, 0.1) is 5.56 Å². The van der Waals surface area contributed by atoms with Gasteiger partial charge in [0, 0.05) is 19.7 Å². The quantitative estimate of drug-likeness (QED) is 0.948. The van der Waals surface area contributed by atoms with Crippen LogP contribution < -0.4 is 0 Å². The summed E-state index contributed by atoms with van der Waals surface area (Å²) in [6.07, 6.45) is 1.80. The third kappa shape index (κ3) is 2.90. The van der Waals surface area contributed by atoms with Crippen LogP contribution in [-0.2, 0) is 0 Å². The number of likely N-dealkylation sites (tertiary alicyclic amines) is 1. The molecule has 1 fully saturated rings. The summed E-state index contributed by atoms with van der Waals surface area (Å²) >= 11 is 0. The maximum Gasteiger partial charge on any atom is 0.289 e. The van der Waals surface area contributed by atoms with Crippen LogP contribution in [0.15, 0.2) is 40.8 Å². The van der Waals surface area contributed by atoms with E-state index < -0.39 is 0 Å². The Hall–Kier alpha value is -2.14. The minimum absolute atomic E-state index is 0.0857. The van der Waals surface area contributed by atoms with Crippen LogP contribution in [0.3, 0.4) is 0 Å². The third-order valence-corrected chi connectivity index (χ3v) is 4.02. The molecule has 0 aliphatic carbocycles. The molecule has 2 heterocycles. The number of aliphatic hydroxyl groups is 1. The molecule has 0 bridgehead atoms. The predicted molar refractivity (Wildman–Crippen MR) is 79.8 cm³/mol. The number of nitrogens with zero attached hydrogens (tertiary/aromatic N) is 1. The van der Waals surface area contributed by atoms with E-state index in [1.807, 2.05) is 0 Å². The highest BCUT2D eigenvalue weighted by molar-refractivity contribution is 5.92. The van der Waals surface area contributed by atoms with Crippen LogP contribution in [0.4, 0.5) is 4.39 Å². The molecule has 1 aromatic heterocycles. The fourth-order valence-electron chi connectivity index (χ4n) is 2.81. The number of aliphatic hydroxyl groups excluding tert-OH is 1. The van der Waals surface area contributed by atoms with E-state index in [1.54, 1.807) is 35.2 Å². The lowest BCUT2D eigenvalue weighted by Crippen LogP contribution is -2.40. The van der Waals surface area contributed by atoms with Crippen molar-refractivity contribution in [3.05, 3.63) is 48.0 Å². The molecule has 1 aromatic carbocycles. The number of carbonyl (C=O) groups is 1. The molecule has 1 N–H and O–H groups in total. The second-order valence-electron chi connectivity index (χ2n) is 5.59. The summed E-state index contributed by atoms with van der Waals surface area (Å²) in [6, 6.07) is 9.49. The maximum absolute atomic E-state index is 13.8. The molecule has 4 nitrogen and oxygen atoms in total. The molecule has 116 valence electrons. The minimum Gasteiger partial charge on any atom is -0.451 e. The van der Waals surface area contributed by atoms with E-state index in [4.69, 9.17) is 4.42 Å². The van der Waals surface area contributed by atoms with Crippen LogP contribution in [0.1, 0.15) is 23.4 Å². The summed E-state index contributed by atoms with van der Waals surface area (Å²) in [5, 5.41) is 9.24. The van der Waals surface area contributed by atoms with Gasteiger partial charge in [-0.05, 0) is 43.0 Å². The molecular formula is C17H18FNO3. The van der Waals surface area contributed by atoms with Gasteiger partial charge >= 0.3 is 0 Å². The second-order valence-corrected chi connectivity index (χ2v) is 5.59. The van der Waals surface area contributed by atoms with Crippen LogP contribution in [0.2, 0.25) is 0 Å². The molecule has 1 saturated heterocycles. The number of carbonyl (C=O) groups excluding carboxylic acids is 1. The normalized spacial score (nSPS) is 18.5. The van der Waals surface area contributed by atoms with Crippen molar-refractivity contribution < 1.29 is 18.7 Å². The van der Waals surface area contributed by atoms with Crippen LogP contribution in [-0.4, -0.2) is 35.6 Å². The topological polar surface area (TPSA) is 53.7 Å². The summed E-state index contributed by atoms with van der Waals surface area (Å²) in [5.74, 6) is 0.0858. The fourth-order valence-corrected chi connectivity index (χ4v) is 2.81. The van der Waals surface area contributed by atoms with E-state index in [0.717, 1.165) is 12.8 Å². The molecule has 1 aliphatic heterocycles. The summed E-state index contributed by atoms with van der Waals surface area (Å²) in [4.78, 5) is 14.1. The number of piperidine rings is 1. The standard InChI is InChI=1S/C17H18FNO3/c18-14-6-2-1-5-13(14)15-7-8-16(22-15)17(21)19-9-3-4-12(10-19)11-20/h1-2,5-8,12,20H,3-4,9-11H2. The highest BCUT2D eigenvalue weighted by Crippen LogP contribution is 2.26. The van der Waals surface area contributed by atoms with Gasteiger partial charge in [0.15, 0.2) is 5.76 Å². The molecule has 1 amide bonds. The lowest BCUT2D eigenvalue weighted by molar-refractivity contribution is 0.0591. The van der Waals surface area contributed by atoms with Gasteiger partial charge in [0.2, 0.25) is 0 Å². The molecule has 5 heteroatoms. The Morgan fingerprint density at radius 3 is 2.91 bits per heavy atom. The van der Waals surface area contributed by atoms with Crippen molar-refractivity contribution in [1.29, 1.82) is 0 Å². The number of hydrogen-bond acceptors (Lipinski definition) is 3. The molecule has 1 atom stereocenters. The molecule has 1 aliphatic rings. The van der Waals surface area contributed by atoms with Gasteiger partial charge in [-0.15, -0.1) is 0 Å². The summed E-state index contributed by atoms with van der Waals surface area (Å²) in [6.45, 7) is 1.28. The SMILES string of the molecule is O=C(c1ccc(-c2ccccc2F)o1)N1CCCC(CO)C1. The third-order valence-electron chi connectivity index (χ3n) is 4.02. The van der Waals surface area contributed by atoms with Crippen molar-refractivity contribution >= 4 is 5.91 Å². The Kier molecular flexibility index (Phi) is 4.24. The van der Waals surface area contributed by atoms with Crippen molar-refractivity contribution in [1.82, 2.24) is 4.90 Å². The lowest BCUT2D eigenvalue weighted by atomic mass is 9.99. The number of halogens is 1. The van der Waals surface area contributed by atoms with Crippen LogP contribution in [0, 0.1) is 11.7 Å². The molecule has 22 heavy (non-hydrogen) atoms. The van der Waals surface area contributed by atoms with Crippen molar-refractivity contribution in [3.63, 3.8) is 0 Å². The second kappa shape index (κ2) is 6.32. The fraction of sp³-hybridized carbons (Fsp3) is 0.353. The van der Waals surface area contributed by atoms with Gasteiger partial charge in [-0.2, -0.15) is 0 Å². The monoisotopic (exact) mass is 303 g/mol. The number of rotatable bonds is 3. The summed E-state index contributed by atoms with van der Waals surface area (Å²) in [7, 11) is 0. The molecule has 0 spiro atoms. The predicted octanol–water partition coefficient (Wildman–Crippen LogP) is 2.93. The first-order valence-electron chi connectivity index (χ1n) is 7.44. The summed E-state index contributed by atoms with van der Waals surface area (Å²) in [5.41, 5.74) is 0.341. The van der Waals surface area contributed by atoms with Gasteiger partial charge in [-0.25, -0.2) is 4.39 Å². The molecular weight excluding hydrogens is 285 g/mol. The van der Waals surface area contributed by atoms with Crippen LogP contribution in [0.5, 0.6) is 0 Å². The van der Waals surface area contributed by atoms with Crippen molar-refractivity contribution in [3.8, 4) is 11.3 Å². The lowest BCUT2D eigenvalue weighted by Gasteiger charge is -2.31. The highest BCUT2D eigenvalue weighted by Gasteiger charge is 2.26. The zero-order valence-corrected chi connectivity index (χ0v) is 12.2. The number of benzene rings is 1. The minimum atomic E-state index is -0.380. The molecule has 0 saturated carbocycles. The number of furan rings is 1. The first-order chi connectivity index (χ1) is 10.7. The van der Waals surface area contributed by atoms with Crippen LogP contribution >= 0.6 is 0 Å². The van der Waals surface area contributed by atoms with Crippen molar-refractivity contribution in [2.75, 3.05) is 19.7 Å². The average Bonchev–Trinajstić information content (AvgIpc) is 3.04. The van der Waals surface area contributed by atoms with E-state index in [2.05, 4.69) is 0 Å². The Labute approximate surface area is 128 Å².